The van der Waals surface area contributed by atoms with Crippen LogP contribution >= 0.6 is 11.6 Å². The van der Waals surface area contributed by atoms with Crippen LogP contribution in [0.2, 0.25) is 5.02 Å². The molecule has 0 aliphatic carbocycles. The summed E-state index contributed by atoms with van der Waals surface area (Å²) in [7, 11) is -3.94. The van der Waals surface area contributed by atoms with Gasteiger partial charge in [0.1, 0.15) is 16.8 Å². The molecule has 1 atom stereocenters. The van der Waals surface area contributed by atoms with Crippen LogP contribution in [0.3, 0.4) is 0 Å². The fourth-order valence-corrected chi connectivity index (χ4v) is 4.22. The van der Waals surface area contributed by atoms with E-state index in [1.165, 1.54) is 6.07 Å². The van der Waals surface area contributed by atoms with Crippen molar-refractivity contribution in [2.24, 2.45) is 0 Å². The first kappa shape index (κ1) is 14.3. The molecule has 1 aromatic carbocycles. The highest BCUT2D eigenvalue weighted by molar-refractivity contribution is 7.89. The van der Waals surface area contributed by atoms with Gasteiger partial charge in [-0.1, -0.05) is 11.6 Å². The third-order valence-corrected chi connectivity index (χ3v) is 5.47. The van der Waals surface area contributed by atoms with E-state index >= 15 is 0 Å². The van der Waals surface area contributed by atoms with Gasteiger partial charge >= 0.3 is 0 Å². The molecule has 1 unspecified atom stereocenters. The lowest BCUT2D eigenvalue weighted by Gasteiger charge is -2.30. The summed E-state index contributed by atoms with van der Waals surface area (Å²) >= 11 is 5.84. The molecule has 0 N–H and O–H groups in total. The van der Waals surface area contributed by atoms with Crippen LogP contribution in [0.15, 0.2) is 23.1 Å². The van der Waals surface area contributed by atoms with Gasteiger partial charge < -0.3 is 0 Å². The van der Waals surface area contributed by atoms with E-state index in [0.29, 0.717) is 12.8 Å². The first-order valence-electron chi connectivity index (χ1n) is 5.83. The van der Waals surface area contributed by atoms with Gasteiger partial charge in [0.15, 0.2) is 0 Å². The van der Waals surface area contributed by atoms with E-state index in [4.69, 9.17) is 16.9 Å². The summed E-state index contributed by atoms with van der Waals surface area (Å²) in [6.07, 6.45) is 1.98. The van der Waals surface area contributed by atoms with Gasteiger partial charge in [-0.25, -0.2) is 12.8 Å². The smallest absolute Gasteiger partial charge is 0.207 e. The standard InChI is InChI=1S/C12H12ClFN2O2S/c13-11-5-4-9(14)7-12(11)19(17,18)16-6-2-1-3-10(16)8-15/h4-5,7,10H,1-3,6H2. The summed E-state index contributed by atoms with van der Waals surface area (Å²) in [5.74, 6) is -0.673. The first-order valence-corrected chi connectivity index (χ1v) is 7.65. The molecule has 1 fully saturated rings. The molecule has 1 aliphatic rings. The quantitative estimate of drug-likeness (QED) is 0.843. The Hall–Kier alpha value is -1.16. The van der Waals surface area contributed by atoms with E-state index < -0.39 is 21.9 Å². The maximum Gasteiger partial charge on any atom is 0.245 e. The largest absolute Gasteiger partial charge is 0.245 e. The Labute approximate surface area is 116 Å². The summed E-state index contributed by atoms with van der Waals surface area (Å²) in [4.78, 5) is -0.281. The van der Waals surface area contributed by atoms with Gasteiger partial charge in [-0.3, -0.25) is 0 Å². The Kier molecular flexibility index (Phi) is 4.09. The highest BCUT2D eigenvalue weighted by Crippen LogP contribution is 2.29. The molecule has 0 bridgehead atoms. The molecule has 1 aliphatic heterocycles. The zero-order chi connectivity index (χ0) is 14.0. The second-order valence-corrected chi connectivity index (χ2v) is 6.60. The van der Waals surface area contributed by atoms with Crippen LogP contribution in [0.5, 0.6) is 0 Å². The molecule has 0 aromatic heterocycles. The van der Waals surface area contributed by atoms with Crippen molar-refractivity contribution in [1.29, 1.82) is 5.26 Å². The van der Waals surface area contributed by atoms with Gasteiger partial charge in [0.05, 0.1) is 11.1 Å². The van der Waals surface area contributed by atoms with Gasteiger partial charge in [-0.15, -0.1) is 0 Å². The summed E-state index contributed by atoms with van der Waals surface area (Å²) in [5, 5.41) is 8.99. The first-order chi connectivity index (χ1) is 8.96. The Morgan fingerprint density at radius 1 is 1.42 bits per heavy atom. The van der Waals surface area contributed by atoms with Crippen molar-refractivity contribution in [2.45, 2.75) is 30.2 Å². The number of nitrogens with zero attached hydrogens (tertiary/aromatic N) is 2. The number of rotatable bonds is 2. The Bertz CT molecular complexity index is 627. The normalized spacial score (nSPS) is 21.0. The molecule has 1 aromatic rings. The minimum atomic E-state index is -3.94. The summed E-state index contributed by atoms with van der Waals surface area (Å²) in [6.45, 7) is 0.257. The molecule has 19 heavy (non-hydrogen) atoms. The van der Waals surface area contributed by atoms with Gasteiger partial charge in [0, 0.05) is 6.54 Å². The predicted octanol–water partition coefficient (Wildman–Crippen LogP) is 2.55. The van der Waals surface area contributed by atoms with Crippen LogP contribution in [0.25, 0.3) is 0 Å². The van der Waals surface area contributed by atoms with E-state index in [-0.39, 0.29) is 16.5 Å². The molecule has 102 valence electrons. The van der Waals surface area contributed by atoms with Crippen LogP contribution in [0, 0.1) is 17.1 Å². The molecule has 0 saturated carbocycles. The third-order valence-electron chi connectivity index (χ3n) is 3.08. The van der Waals surface area contributed by atoms with Gasteiger partial charge in [-0.2, -0.15) is 9.57 Å². The molecule has 0 spiro atoms. The average Bonchev–Trinajstić information content (AvgIpc) is 2.41. The maximum absolute atomic E-state index is 13.2. The Balaban J connectivity index is 2.47. The minimum absolute atomic E-state index is 0.0383. The molecule has 7 heteroatoms. The highest BCUT2D eigenvalue weighted by atomic mass is 35.5. The van der Waals surface area contributed by atoms with Crippen LogP contribution in [-0.4, -0.2) is 25.3 Å². The summed E-state index contributed by atoms with van der Waals surface area (Å²) in [5.41, 5.74) is 0. The minimum Gasteiger partial charge on any atom is -0.207 e. The SMILES string of the molecule is N#CC1CCCCN1S(=O)(=O)c1cc(F)ccc1Cl. The zero-order valence-electron chi connectivity index (χ0n) is 10.0. The topological polar surface area (TPSA) is 61.2 Å². The van der Waals surface area contributed by atoms with E-state index in [1.54, 1.807) is 0 Å². The number of halogens is 2. The van der Waals surface area contributed by atoms with Crippen molar-refractivity contribution in [3.63, 3.8) is 0 Å². The van der Waals surface area contributed by atoms with Crippen LogP contribution < -0.4 is 0 Å². The van der Waals surface area contributed by atoms with Crippen LogP contribution in [0.1, 0.15) is 19.3 Å². The van der Waals surface area contributed by atoms with Gasteiger partial charge in [-0.05, 0) is 37.5 Å². The molecule has 0 amide bonds. The number of hydrogen-bond donors (Lipinski definition) is 0. The number of sulfonamides is 1. The molecule has 0 radical (unpaired) electrons. The monoisotopic (exact) mass is 302 g/mol. The number of nitriles is 1. The van der Waals surface area contributed by atoms with Crippen molar-refractivity contribution < 1.29 is 12.8 Å². The molecular weight excluding hydrogens is 291 g/mol. The molecule has 1 heterocycles. The van der Waals surface area contributed by atoms with Gasteiger partial charge in [0.25, 0.3) is 0 Å². The van der Waals surface area contributed by atoms with Gasteiger partial charge in [0.2, 0.25) is 10.0 Å². The zero-order valence-corrected chi connectivity index (χ0v) is 11.6. The predicted molar refractivity (Wildman–Crippen MR) is 68.6 cm³/mol. The molecule has 1 saturated heterocycles. The maximum atomic E-state index is 13.2. The lowest BCUT2D eigenvalue weighted by atomic mass is 10.1. The molecular formula is C12H12ClFN2O2S. The average molecular weight is 303 g/mol. The Morgan fingerprint density at radius 2 is 2.16 bits per heavy atom. The second-order valence-electron chi connectivity index (χ2n) is 4.33. The van der Waals surface area contributed by atoms with E-state index in [2.05, 4.69) is 0 Å². The lowest BCUT2D eigenvalue weighted by molar-refractivity contribution is 0.297. The Morgan fingerprint density at radius 3 is 2.84 bits per heavy atom. The summed E-state index contributed by atoms with van der Waals surface area (Å²) in [6, 6.07) is 4.45. The molecule has 2 rings (SSSR count). The van der Waals surface area contributed by atoms with Crippen molar-refractivity contribution >= 4 is 21.6 Å². The highest BCUT2D eigenvalue weighted by Gasteiger charge is 2.34. The fraction of sp³-hybridized carbons (Fsp3) is 0.417. The second kappa shape index (κ2) is 5.45. The number of piperidine rings is 1. The number of hydrogen-bond acceptors (Lipinski definition) is 3. The van der Waals surface area contributed by atoms with E-state index in [1.807, 2.05) is 6.07 Å². The van der Waals surface area contributed by atoms with Crippen molar-refractivity contribution in [3.05, 3.63) is 29.0 Å². The summed E-state index contributed by atoms with van der Waals surface area (Å²) < 4.78 is 39.2. The third kappa shape index (κ3) is 2.73. The van der Waals surface area contributed by atoms with Crippen molar-refractivity contribution in [1.82, 2.24) is 4.31 Å². The molecule has 4 nitrogen and oxygen atoms in total. The van der Waals surface area contributed by atoms with Crippen LogP contribution in [0.4, 0.5) is 4.39 Å². The number of benzene rings is 1. The lowest BCUT2D eigenvalue weighted by Crippen LogP contribution is -2.42. The fourth-order valence-electron chi connectivity index (χ4n) is 2.12. The van der Waals surface area contributed by atoms with Crippen molar-refractivity contribution in [2.75, 3.05) is 6.54 Å². The van der Waals surface area contributed by atoms with Crippen LogP contribution in [-0.2, 0) is 10.0 Å². The van der Waals surface area contributed by atoms with Crippen molar-refractivity contribution in [3.8, 4) is 6.07 Å². The van der Waals surface area contributed by atoms with E-state index in [9.17, 15) is 12.8 Å². The van der Waals surface area contributed by atoms with E-state index in [0.717, 1.165) is 22.9 Å².